The van der Waals surface area contributed by atoms with Crippen LogP contribution >= 0.6 is 11.3 Å². The second-order valence-electron chi connectivity index (χ2n) is 3.39. The fourth-order valence-corrected chi connectivity index (χ4v) is 2.33. The molecule has 1 aliphatic heterocycles. The summed E-state index contributed by atoms with van der Waals surface area (Å²) in [5.41, 5.74) is 1.05. The molecule has 4 nitrogen and oxygen atoms in total. The van der Waals surface area contributed by atoms with Gasteiger partial charge in [0, 0.05) is 18.5 Å². The molecule has 5 heteroatoms. The number of hydrogen-bond donors (Lipinski definition) is 1. The Morgan fingerprint density at radius 3 is 3.29 bits per heavy atom. The SMILES string of the molecule is Cc1csc(N2CCOC(CO)C2)n1. The van der Waals surface area contributed by atoms with Crippen molar-refractivity contribution in [2.75, 3.05) is 31.2 Å². The van der Waals surface area contributed by atoms with E-state index in [0.29, 0.717) is 6.61 Å². The number of morpholine rings is 1. The third-order valence-electron chi connectivity index (χ3n) is 2.22. The van der Waals surface area contributed by atoms with Gasteiger partial charge in [0.1, 0.15) is 0 Å². The molecule has 0 saturated carbocycles. The molecular formula is C9H14N2O2S. The molecule has 0 amide bonds. The van der Waals surface area contributed by atoms with Crippen LogP contribution in [0.3, 0.4) is 0 Å². The van der Waals surface area contributed by atoms with Gasteiger partial charge < -0.3 is 14.7 Å². The molecule has 0 aliphatic carbocycles. The number of ether oxygens (including phenoxy) is 1. The van der Waals surface area contributed by atoms with Crippen molar-refractivity contribution in [3.63, 3.8) is 0 Å². The van der Waals surface area contributed by atoms with E-state index in [1.807, 2.05) is 12.3 Å². The maximum absolute atomic E-state index is 8.99. The van der Waals surface area contributed by atoms with Crippen LogP contribution in [0.15, 0.2) is 5.38 Å². The van der Waals surface area contributed by atoms with E-state index in [2.05, 4.69) is 9.88 Å². The summed E-state index contributed by atoms with van der Waals surface area (Å²) in [6.07, 6.45) is -0.0621. The quantitative estimate of drug-likeness (QED) is 0.785. The second-order valence-corrected chi connectivity index (χ2v) is 4.23. The van der Waals surface area contributed by atoms with Crippen molar-refractivity contribution in [1.82, 2.24) is 4.98 Å². The van der Waals surface area contributed by atoms with Gasteiger partial charge in [-0.1, -0.05) is 0 Å². The van der Waals surface area contributed by atoms with Crippen LogP contribution in [0.1, 0.15) is 5.69 Å². The Labute approximate surface area is 87.1 Å². The Balaban J connectivity index is 2.04. The van der Waals surface area contributed by atoms with E-state index in [1.54, 1.807) is 11.3 Å². The first-order valence-electron chi connectivity index (χ1n) is 4.69. The normalized spacial score (nSPS) is 22.7. The van der Waals surface area contributed by atoms with E-state index in [4.69, 9.17) is 9.84 Å². The van der Waals surface area contributed by atoms with E-state index in [1.165, 1.54) is 0 Å². The predicted molar refractivity (Wildman–Crippen MR) is 55.9 cm³/mol. The number of nitrogens with zero attached hydrogens (tertiary/aromatic N) is 2. The second kappa shape index (κ2) is 4.25. The summed E-state index contributed by atoms with van der Waals surface area (Å²) >= 11 is 1.65. The number of aliphatic hydroxyl groups excluding tert-OH is 1. The maximum Gasteiger partial charge on any atom is 0.185 e. The molecule has 0 radical (unpaired) electrons. The molecule has 78 valence electrons. The highest BCUT2D eigenvalue weighted by molar-refractivity contribution is 7.13. The highest BCUT2D eigenvalue weighted by Gasteiger charge is 2.21. The lowest BCUT2D eigenvalue weighted by atomic mass is 10.3. The van der Waals surface area contributed by atoms with Gasteiger partial charge in [0.15, 0.2) is 5.13 Å². The van der Waals surface area contributed by atoms with Crippen LogP contribution in [0, 0.1) is 6.92 Å². The first kappa shape index (κ1) is 9.89. The van der Waals surface area contributed by atoms with E-state index < -0.39 is 0 Å². The predicted octanol–water partition coefficient (Wildman–Crippen LogP) is 0.649. The van der Waals surface area contributed by atoms with Gasteiger partial charge in [-0.3, -0.25) is 0 Å². The Morgan fingerprint density at radius 1 is 1.79 bits per heavy atom. The number of aromatic nitrogens is 1. The molecule has 14 heavy (non-hydrogen) atoms. The van der Waals surface area contributed by atoms with E-state index in [9.17, 15) is 0 Å². The Hall–Kier alpha value is -0.650. The number of anilines is 1. The summed E-state index contributed by atoms with van der Waals surface area (Å²) in [6.45, 7) is 4.35. The average molecular weight is 214 g/mol. The van der Waals surface area contributed by atoms with Crippen LogP contribution in [0.25, 0.3) is 0 Å². The molecule has 0 bridgehead atoms. The van der Waals surface area contributed by atoms with Crippen LogP contribution in [0.4, 0.5) is 5.13 Å². The van der Waals surface area contributed by atoms with Gasteiger partial charge in [-0.15, -0.1) is 11.3 Å². The minimum Gasteiger partial charge on any atom is -0.394 e. The monoisotopic (exact) mass is 214 g/mol. The lowest BCUT2D eigenvalue weighted by Crippen LogP contribution is -2.44. The van der Waals surface area contributed by atoms with Gasteiger partial charge in [-0.25, -0.2) is 4.98 Å². The molecule has 0 aromatic carbocycles. The summed E-state index contributed by atoms with van der Waals surface area (Å²) in [6, 6.07) is 0. The minimum atomic E-state index is -0.0621. The highest BCUT2D eigenvalue weighted by Crippen LogP contribution is 2.21. The summed E-state index contributed by atoms with van der Waals surface area (Å²) in [7, 11) is 0. The van der Waals surface area contributed by atoms with Crippen molar-refractivity contribution in [1.29, 1.82) is 0 Å². The van der Waals surface area contributed by atoms with Crippen LogP contribution in [-0.2, 0) is 4.74 Å². The summed E-state index contributed by atoms with van der Waals surface area (Å²) in [5.74, 6) is 0. The number of hydrogen-bond acceptors (Lipinski definition) is 5. The molecule has 1 aliphatic rings. The number of aliphatic hydroxyl groups is 1. The van der Waals surface area contributed by atoms with E-state index >= 15 is 0 Å². The fraction of sp³-hybridized carbons (Fsp3) is 0.667. The average Bonchev–Trinajstić information content (AvgIpc) is 2.65. The minimum absolute atomic E-state index is 0.0621. The topological polar surface area (TPSA) is 45.6 Å². The van der Waals surface area contributed by atoms with Gasteiger partial charge in [-0.05, 0) is 6.92 Å². The first-order valence-corrected chi connectivity index (χ1v) is 5.57. The Kier molecular flexibility index (Phi) is 3.00. The summed E-state index contributed by atoms with van der Waals surface area (Å²) in [5, 5.41) is 12.1. The molecule has 2 heterocycles. The van der Waals surface area contributed by atoms with E-state index in [-0.39, 0.29) is 12.7 Å². The third kappa shape index (κ3) is 2.05. The van der Waals surface area contributed by atoms with Crippen molar-refractivity contribution in [3.05, 3.63) is 11.1 Å². The molecule has 1 fully saturated rings. The Bertz CT molecular complexity index is 303. The molecule has 1 unspecified atom stereocenters. The van der Waals surface area contributed by atoms with Gasteiger partial charge >= 0.3 is 0 Å². The fourth-order valence-electron chi connectivity index (χ4n) is 1.49. The zero-order valence-electron chi connectivity index (χ0n) is 8.14. The van der Waals surface area contributed by atoms with Crippen molar-refractivity contribution in [2.24, 2.45) is 0 Å². The van der Waals surface area contributed by atoms with Crippen molar-refractivity contribution in [2.45, 2.75) is 13.0 Å². The Morgan fingerprint density at radius 2 is 2.64 bits per heavy atom. The lowest BCUT2D eigenvalue weighted by Gasteiger charge is -2.31. The van der Waals surface area contributed by atoms with Crippen molar-refractivity contribution >= 4 is 16.5 Å². The number of aryl methyl sites for hydroxylation is 1. The largest absolute Gasteiger partial charge is 0.394 e. The molecule has 1 aromatic heterocycles. The first-order chi connectivity index (χ1) is 6.79. The molecule has 1 atom stereocenters. The zero-order chi connectivity index (χ0) is 9.97. The summed E-state index contributed by atoms with van der Waals surface area (Å²) in [4.78, 5) is 6.58. The van der Waals surface area contributed by atoms with E-state index in [0.717, 1.165) is 23.9 Å². The molecule has 1 aromatic rings. The standard InChI is InChI=1S/C9H14N2O2S/c1-7-6-14-9(10-7)11-2-3-13-8(4-11)5-12/h6,8,12H,2-5H2,1H3. The number of thiazole rings is 1. The van der Waals surface area contributed by atoms with Crippen LogP contribution < -0.4 is 4.90 Å². The summed E-state index contributed by atoms with van der Waals surface area (Å²) < 4.78 is 5.37. The van der Waals surface area contributed by atoms with Gasteiger partial charge in [-0.2, -0.15) is 0 Å². The maximum atomic E-state index is 8.99. The van der Waals surface area contributed by atoms with Crippen molar-refractivity contribution in [3.8, 4) is 0 Å². The molecule has 0 spiro atoms. The third-order valence-corrected chi connectivity index (χ3v) is 3.24. The molecule has 2 rings (SSSR count). The highest BCUT2D eigenvalue weighted by atomic mass is 32.1. The number of rotatable bonds is 2. The van der Waals surface area contributed by atoms with Crippen LogP contribution in [0.5, 0.6) is 0 Å². The van der Waals surface area contributed by atoms with Crippen molar-refractivity contribution < 1.29 is 9.84 Å². The zero-order valence-corrected chi connectivity index (χ0v) is 8.96. The molecule has 1 saturated heterocycles. The smallest absolute Gasteiger partial charge is 0.185 e. The lowest BCUT2D eigenvalue weighted by molar-refractivity contribution is 0.00355. The van der Waals surface area contributed by atoms with Gasteiger partial charge in [0.2, 0.25) is 0 Å². The van der Waals surface area contributed by atoms with Gasteiger partial charge in [0.05, 0.1) is 25.0 Å². The van der Waals surface area contributed by atoms with Gasteiger partial charge in [0.25, 0.3) is 0 Å². The molecule has 1 N–H and O–H groups in total. The van der Waals surface area contributed by atoms with Crippen LogP contribution in [-0.4, -0.2) is 42.5 Å². The van der Waals surface area contributed by atoms with Crippen LogP contribution in [0.2, 0.25) is 0 Å². The molecular weight excluding hydrogens is 200 g/mol.